The lowest BCUT2D eigenvalue weighted by Gasteiger charge is -2.32. The summed E-state index contributed by atoms with van der Waals surface area (Å²) in [6.45, 7) is 5.13. The van der Waals surface area contributed by atoms with Gasteiger partial charge in [-0.15, -0.1) is 0 Å². The lowest BCUT2D eigenvalue weighted by Crippen LogP contribution is -2.36. The molecule has 27 heavy (non-hydrogen) atoms. The minimum atomic E-state index is 0.605. The van der Waals surface area contributed by atoms with E-state index in [0.29, 0.717) is 5.92 Å². The van der Waals surface area contributed by atoms with Gasteiger partial charge in [-0.3, -0.25) is 4.90 Å². The number of rotatable bonds is 6. The van der Waals surface area contributed by atoms with Gasteiger partial charge in [0.2, 0.25) is 0 Å². The van der Waals surface area contributed by atoms with Gasteiger partial charge in [-0.1, -0.05) is 6.07 Å². The Labute approximate surface area is 159 Å². The summed E-state index contributed by atoms with van der Waals surface area (Å²) in [6, 6.07) is 6.01. The maximum Gasteiger partial charge on any atom is 0.135 e. The van der Waals surface area contributed by atoms with Crippen LogP contribution in [0.15, 0.2) is 43.1 Å². The lowest BCUT2D eigenvalue weighted by atomic mass is 9.93. The van der Waals surface area contributed by atoms with Gasteiger partial charge in [0.25, 0.3) is 0 Å². The molecule has 1 aliphatic rings. The van der Waals surface area contributed by atoms with Crippen molar-refractivity contribution in [2.45, 2.75) is 32.7 Å². The highest BCUT2D eigenvalue weighted by Crippen LogP contribution is 2.22. The fourth-order valence-corrected chi connectivity index (χ4v) is 3.67. The number of imidazole rings is 1. The molecule has 1 aliphatic heterocycles. The number of aromatic amines is 1. The molecule has 140 valence electrons. The van der Waals surface area contributed by atoms with Gasteiger partial charge >= 0.3 is 0 Å². The fourth-order valence-electron chi connectivity index (χ4n) is 3.67. The highest BCUT2D eigenvalue weighted by Gasteiger charge is 2.21. The Morgan fingerprint density at radius 2 is 2.19 bits per heavy atom. The average molecular weight is 363 g/mol. The molecule has 1 fully saturated rings. The molecule has 0 radical (unpaired) electrons. The minimum Gasteiger partial charge on any atom is -0.348 e. The number of nitrogens with zero attached hydrogens (tertiary/aromatic N) is 5. The molecule has 0 aliphatic carbocycles. The first kappa shape index (κ1) is 17.6. The van der Waals surface area contributed by atoms with Crippen molar-refractivity contribution in [3.8, 4) is 0 Å². The number of pyridine rings is 1. The first-order chi connectivity index (χ1) is 13.3. The number of piperidine rings is 1. The summed E-state index contributed by atoms with van der Waals surface area (Å²) in [5.41, 5.74) is 2.17. The number of anilines is 2. The van der Waals surface area contributed by atoms with Crippen molar-refractivity contribution < 1.29 is 0 Å². The SMILES string of the molecule is Cc1cccnc1Nc1cc(C[C@H]2CCCN(Cc3ncc[nH]3)C2)ncn1. The van der Waals surface area contributed by atoms with E-state index in [-0.39, 0.29) is 0 Å². The van der Waals surface area contributed by atoms with Crippen LogP contribution in [0.3, 0.4) is 0 Å². The topological polar surface area (TPSA) is 82.6 Å². The molecule has 4 heterocycles. The predicted octanol–water partition coefficient (Wildman–Crippen LogP) is 3.10. The van der Waals surface area contributed by atoms with Crippen LogP contribution >= 0.6 is 0 Å². The molecule has 7 heteroatoms. The summed E-state index contributed by atoms with van der Waals surface area (Å²) >= 11 is 0. The maximum atomic E-state index is 4.49. The van der Waals surface area contributed by atoms with Gasteiger partial charge in [0, 0.05) is 36.9 Å². The Balaban J connectivity index is 1.38. The lowest BCUT2D eigenvalue weighted by molar-refractivity contribution is 0.163. The molecular formula is C20H25N7. The quantitative estimate of drug-likeness (QED) is 0.700. The van der Waals surface area contributed by atoms with Gasteiger partial charge in [-0.25, -0.2) is 19.9 Å². The zero-order valence-electron chi connectivity index (χ0n) is 15.6. The van der Waals surface area contributed by atoms with E-state index in [2.05, 4.69) is 35.1 Å². The molecular weight excluding hydrogens is 338 g/mol. The van der Waals surface area contributed by atoms with E-state index in [9.17, 15) is 0 Å². The number of aryl methyl sites for hydroxylation is 1. The van der Waals surface area contributed by atoms with Crippen molar-refractivity contribution in [2.24, 2.45) is 5.92 Å². The summed E-state index contributed by atoms with van der Waals surface area (Å²) in [6.07, 6.45) is 10.5. The van der Waals surface area contributed by atoms with Crippen LogP contribution in [-0.4, -0.2) is 42.9 Å². The Bertz CT molecular complexity index is 862. The van der Waals surface area contributed by atoms with Gasteiger partial charge in [-0.05, 0) is 50.3 Å². The van der Waals surface area contributed by atoms with Gasteiger partial charge < -0.3 is 10.3 Å². The largest absolute Gasteiger partial charge is 0.348 e. The van der Waals surface area contributed by atoms with Crippen molar-refractivity contribution in [1.29, 1.82) is 0 Å². The molecule has 1 atom stereocenters. The maximum absolute atomic E-state index is 4.49. The average Bonchev–Trinajstić information content (AvgIpc) is 3.17. The number of hydrogen-bond donors (Lipinski definition) is 2. The van der Waals surface area contributed by atoms with Crippen LogP contribution in [0.1, 0.15) is 29.9 Å². The normalized spacial score (nSPS) is 17.7. The summed E-state index contributed by atoms with van der Waals surface area (Å²) < 4.78 is 0. The van der Waals surface area contributed by atoms with Crippen LogP contribution in [0.2, 0.25) is 0 Å². The van der Waals surface area contributed by atoms with E-state index < -0.39 is 0 Å². The number of hydrogen-bond acceptors (Lipinski definition) is 6. The Morgan fingerprint density at radius 3 is 3.04 bits per heavy atom. The number of likely N-dealkylation sites (tertiary alicyclic amines) is 1. The standard InChI is InChI=1S/C20H25N7/c1-15-4-2-6-23-20(15)26-18-11-17(24-14-25-18)10-16-5-3-9-27(12-16)13-19-21-7-8-22-19/h2,4,6-8,11,14,16H,3,5,9-10,12-13H2,1H3,(H,21,22)(H,23,24,25,26)/t16-/m1/s1. The van der Waals surface area contributed by atoms with Crippen LogP contribution in [0, 0.1) is 12.8 Å². The Kier molecular flexibility index (Phi) is 5.39. The molecule has 0 saturated carbocycles. The summed E-state index contributed by atoms with van der Waals surface area (Å²) in [5.74, 6) is 3.28. The van der Waals surface area contributed by atoms with Crippen LogP contribution < -0.4 is 5.32 Å². The minimum absolute atomic E-state index is 0.605. The van der Waals surface area contributed by atoms with Gasteiger partial charge in [0.05, 0.1) is 6.54 Å². The molecule has 0 amide bonds. The van der Waals surface area contributed by atoms with Crippen LogP contribution in [0.5, 0.6) is 0 Å². The van der Waals surface area contributed by atoms with Gasteiger partial charge in [0.1, 0.15) is 23.8 Å². The third-order valence-electron chi connectivity index (χ3n) is 5.01. The molecule has 2 N–H and O–H groups in total. The van der Waals surface area contributed by atoms with E-state index in [4.69, 9.17) is 0 Å². The zero-order chi connectivity index (χ0) is 18.5. The second kappa shape index (κ2) is 8.26. The van der Waals surface area contributed by atoms with Crippen molar-refractivity contribution in [3.05, 3.63) is 60.2 Å². The van der Waals surface area contributed by atoms with E-state index >= 15 is 0 Å². The number of H-pyrrole nitrogens is 1. The van der Waals surface area contributed by atoms with Crippen molar-refractivity contribution in [1.82, 2.24) is 29.8 Å². The third kappa shape index (κ3) is 4.68. The van der Waals surface area contributed by atoms with Gasteiger partial charge in [-0.2, -0.15) is 0 Å². The van der Waals surface area contributed by atoms with Crippen molar-refractivity contribution >= 4 is 11.6 Å². The Morgan fingerprint density at radius 1 is 1.22 bits per heavy atom. The number of aromatic nitrogens is 5. The number of nitrogens with one attached hydrogen (secondary N) is 2. The van der Waals surface area contributed by atoms with Crippen molar-refractivity contribution in [2.75, 3.05) is 18.4 Å². The smallest absolute Gasteiger partial charge is 0.135 e. The van der Waals surface area contributed by atoms with E-state index in [0.717, 1.165) is 54.8 Å². The molecule has 3 aromatic heterocycles. The highest BCUT2D eigenvalue weighted by molar-refractivity contribution is 5.55. The fraction of sp³-hybridized carbons (Fsp3) is 0.400. The van der Waals surface area contributed by atoms with E-state index in [1.807, 2.05) is 37.5 Å². The first-order valence-corrected chi connectivity index (χ1v) is 9.46. The zero-order valence-corrected chi connectivity index (χ0v) is 15.6. The van der Waals surface area contributed by atoms with Crippen LogP contribution in [0.4, 0.5) is 11.6 Å². The van der Waals surface area contributed by atoms with Crippen LogP contribution in [-0.2, 0) is 13.0 Å². The molecule has 0 unspecified atom stereocenters. The second-order valence-corrected chi connectivity index (χ2v) is 7.17. The molecule has 0 bridgehead atoms. The second-order valence-electron chi connectivity index (χ2n) is 7.17. The van der Waals surface area contributed by atoms with E-state index in [1.54, 1.807) is 12.5 Å². The van der Waals surface area contributed by atoms with Crippen LogP contribution in [0.25, 0.3) is 0 Å². The Hall–Kier alpha value is -2.80. The monoisotopic (exact) mass is 363 g/mol. The van der Waals surface area contributed by atoms with Crippen molar-refractivity contribution in [3.63, 3.8) is 0 Å². The molecule has 7 nitrogen and oxygen atoms in total. The summed E-state index contributed by atoms with van der Waals surface area (Å²) in [4.78, 5) is 23.2. The third-order valence-corrected chi connectivity index (χ3v) is 5.01. The molecule has 1 saturated heterocycles. The predicted molar refractivity (Wildman–Crippen MR) is 105 cm³/mol. The first-order valence-electron chi connectivity index (χ1n) is 9.46. The molecule has 4 rings (SSSR count). The summed E-state index contributed by atoms with van der Waals surface area (Å²) in [7, 11) is 0. The molecule has 0 spiro atoms. The molecule has 3 aromatic rings. The van der Waals surface area contributed by atoms with E-state index in [1.165, 1.54) is 12.8 Å². The molecule has 0 aromatic carbocycles. The van der Waals surface area contributed by atoms with Gasteiger partial charge in [0.15, 0.2) is 0 Å². The summed E-state index contributed by atoms with van der Waals surface area (Å²) in [5, 5.41) is 3.30. The highest BCUT2D eigenvalue weighted by atomic mass is 15.2.